The second kappa shape index (κ2) is 4.97. The topological polar surface area (TPSA) is 78.5 Å². The van der Waals surface area contributed by atoms with E-state index in [4.69, 9.17) is 11.6 Å². The number of halogens is 1. The van der Waals surface area contributed by atoms with Crippen LogP contribution < -0.4 is 10.6 Å². The SMILES string of the molecule is CNc1nc(Nc2ccc(C)c(Cl)c2)c2[nH]cnc2n1. The number of aromatic amines is 1. The van der Waals surface area contributed by atoms with Crippen molar-refractivity contribution in [3.63, 3.8) is 0 Å². The number of nitrogens with zero attached hydrogens (tertiary/aromatic N) is 3. The molecule has 3 N–H and O–H groups in total. The van der Waals surface area contributed by atoms with Crippen molar-refractivity contribution in [2.75, 3.05) is 17.7 Å². The van der Waals surface area contributed by atoms with Crippen molar-refractivity contribution < 1.29 is 0 Å². The highest BCUT2D eigenvalue weighted by Crippen LogP contribution is 2.25. The van der Waals surface area contributed by atoms with Crippen LogP contribution in [0.3, 0.4) is 0 Å². The maximum absolute atomic E-state index is 6.13. The predicted octanol–water partition coefficient (Wildman–Crippen LogP) is 3.10. The molecule has 20 heavy (non-hydrogen) atoms. The van der Waals surface area contributed by atoms with E-state index >= 15 is 0 Å². The lowest BCUT2D eigenvalue weighted by Gasteiger charge is -2.09. The Balaban J connectivity index is 2.04. The number of rotatable bonds is 3. The molecule has 0 unspecified atom stereocenters. The van der Waals surface area contributed by atoms with E-state index in [-0.39, 0.29) is 0 Å². The lowest BCUT2D eigenvalue weighted by molar-refractivity contribution is 1.18. The second-order valence-corrected chi connectivity index (χ2v) is 4.74. The standard InChI is InChI=1S/C13H13ClN6/c1-7-3-4-8(5-9(7)14)18-12-10-11(17-6-16-10)19-13(15-2)20-12/h3-6H,1-2H3,(H3,15,16,17,18,19,20). The molecule has 0 saturated heterocycles. The molecule has 0 fully saturated rings. The lowest BCUT2D eigenvalue weighted by Crippen LogP contribution is -2.02. The van der Waals surface area contributed by atoms with Crippen LogP contribution >= 0.6 is 11.6 Å². The minimum atomic E-state index is 0.505. The van der Waals surface area contributed by atoms with Crippen LogP contribution in [-0.2, 0) is 0 Å². The lowest BCUT2D eigenvalue weighted by atomic mass is 10.2. The molecule has 3 rings (SSSR count). The molecule has 0 aliphatic carbocycles. The molecule has 0 amide bonds. The van der Waals surface area contributed by atoms with Gasteiger partial charge >= 0.3 is 0 Å². The molecule has 2 aromatic heterocycles. The summed E-state index contributed by atoms with van der Waals surface area (Å²) >= 11 is 6.13. The van der Waals surface area contributed by atoms with Crippen LogP contribution in [0.4, 0.5) is 17.5 Å². The van der Waals surface area contributed by atoms with E-state index in [1.165, 1.54) is 0 Å². The Labute approximate surface area is 120 Å². The zero-order valence-corrected chi connectivity index (χ0v) is 11.8. The molecule has 3 aromatic rings. The van der Waals surface area contributed by atoms with Crippen molar-refractivity contribution in [1.82, 2.24) is 19.9 Å². The van der Waals surface area contributed by atoms with Crippen LogP contribution in [0.15, 0.2) is 24.5 Å². The number of imidazole rings is 1. The van der Waals surface area contributed by atoms with Crippen molar-refractivity contribution in [2.24, 2.45) is 0 Å². The molecule has 0 radical (unpaired) electrons. The molecule has 0 aliphatic rings. The van der Waals surface area contributed by atoms with Gasteiger partial charge in [0.25, 0.3) is 0 Å². The van der Waals surface area contributed by atoms with Gasteiger partial charge in [-0.1, -0.05) is 17.7 Å². The van der Waals surface area contributed by atoms with Gasteiger partial charge < -0.3 is 15.6 Å². The summed E-state index contributed by atoms with van der Waals surface area (Å²) < 4.78 is 0. The molecule has 7 heteroatoms. The quantitative estimate of drug-likeness (QED) is 0.690. The van der Waals surface area contributed by atoms with Crippen LogP contribution in [0.1, 0.15) is 5.56 Å². The molecule has 0 aliphatic heterocycles. The number of hydrogen-bond donors (Lipinski definition) is 3. The van der Waals surface area contributed by atoms with E-state index in [0.29, 0.717) is 22.4 Å². The third kappa shape index (κ3) is 2.25. The third-order valence-corrected chi connectivity index (χ3v) is 3.35. The molecule has 0 bridgehead atoms. The number of hydrogen-bond acceptors (Lipinski definition) is 5. The summed E-state index contributed by atoms with van der Waals surface area (Å²) in [6, 6.07) is 5.76. The number of aryl methyl sites for hydroxylation is 1. The molecule has 0 saturated carbocycles. The van der Waals surface area contributed by atoms with Crippen molar-refractivity contribution in [1.29, 1.82) is 0 Å². The van der Waals surface area contributed by atoms with Gasteiger partial charge in [-0.2, -0.15) is 9.97 Å². The zero-order valence-electron chi connectivity index (χ0n) is 11.0. The summed E-state index contributed by atoms with van der Waals surface area (Å²) in [4.78, 5) is 15.8. The maximum Gasteiger partial charge on any atom is 0.226 e. The summed E-state index contributed by atoms with van der Waals surface area (Å²) in [7, 11) is 1.76. The Morgan fingerprint density at radius 3 is 2.85 bits per heavy atom. The maximum atomic E-state index is 6.13. The first kappa shape index (κ1) is 12.7. The first-order valence-corrected chi connectivity index (χ1v) is 6.47. The minimum absolute atomic E-state index is 0.505. The fourth-order valence-electron chi connectivity index (χ4n) is 1.84. The fourth-order valence-corrected chi connectivity index (χ4v) is 2.02. The number of fused-ring (bicyclic) bond motifs is 1. The van der Waals surface area contributed by atoms with Crippen LogP contribution in [0, 0.1) is 6.92 Å². The van der Waals surface area contributed by atoms with Crippen molar-refractivity contribution in [2.45, 2.75) is 6.92 Å². The zero-order chi connectivity index (χ0) is 14.1. The van der Waals surface area contributed by atoms with Crippen LogP contribution in [0.5, 0.6) is 0 Å². The van der Waals surface area contributed by atoms with E-state index < -0.39 is 0 Å². The number of anilines is 3. The molecule has 0 atom stereocenters. The summed E-state index contributed by atoms with van der Waals surface area (Å²) in [5.74, 6) is 1.15. The Morgan fingerprint density at radius 1 is 1.25 bits per heavy atom. The Bertz CT molecular complexity index is 767. The Morgan fingerprint density at radius 2 is 2.10 bits per heavy atom. The van der Waals surface area contributed by atoms with Gasteiger partial charge in [-0.3, -0.25) is 0 Å². The number of benzene rings is 1. The highest BCUT2D eigenvalue weighted by molar-refractivity contribution is 6.31. The highest BCUT2D eigenvalue weighted by Gasteiger charge is 2.10. The number of H-pyrrole nitrogens is 1. The van der Waals surface area contributed by atoms with Crippen molar-refractivity contribution >= 4 is 40.2 Å². The van der Waals surface area contributed by atoms with Gasteiger partial charge in [0, 0.05) is 17.8 Å². The molecular formula is C13H13ClN6. The fraction of sp³-hybridized carbons (Fsp3) is 0.154. The van der Waals surface area contributed by atoms with E-state index in [9.17, 15) is 0 Å². The predicted molar refractivity (Wildman–Crippen MR) is 80.7 cm³/mol. The molecule has 6 nitrogen and oxygen atoms in total. The Kier molecular flexibility index (Phi) is 3.15. The van der Waals surface area contributed by atoms with Gasteiger partial charge in [0.2, 0.25) is 5.95 Å². The van der Waals surface area contributed by atoms with Gasteiger partial charge in [0.15, 0.2) is 11.5 Å². The van der Waals surface area contributed by atoms with E-state index in [2.05, 4.69) is 30.6 Å². The van der Waals surface area contributed by atoms with Crippen molar-refractivity contribution in [3.8, 4) is 0 Å². The minimum Gasteiger partial charge on any atom is -0.357 e. The third-order valence-electron chi connectivity index (χ3n) is 2.94. The first-order valence-electron chi connectivity index (χ1n) is 6.09. The summed E-state index contributed by atoms with van der Waals surface area (Å²) in [6.45, 7) is 1.96. The number of nitrogens with one attached hydrogen (secondary N) is 3. The van der Waals surface area contributed by atoms with Crippen LogP contribution in [0.25, 0.3) is 11.2 Å². The van der Waals surface area contributed by atoms with E-state index in [0.717, 1.165) is 16.8 Å². The normalized spacial score (nSPS) is 10.8. The second-order valence-electron chi connectivity index (χ2n) is 4.34. The van der Waals surface area contributed by atoms with Crippen LogP contribution in [0.2, 0.25) is 5.02 Å². The summed E-state index contributed by atoms with van der Waals surface area (Å²) in [5, 5.41) is 6.85. The van der Waals surface area contributed by atoms with Crippen LogP contribution in [-0.4, -0.2) is 27.0 Å². The monoisotopic (exact) mass is 288 g/mol. The average molecular weight is 289 g/mol. The highest BCUT2D eigenvalue weighted by atomic mass is 35.5. The molecular weight excluding hydrogens is 276 g/mol. The molecule has 2 heterocycles. The first-order chi connectivity index (χ1) is 9.67. The van der Waals surface area contributed by atoms with E-state index in [1.54, 1.807) is 13.4 Å². The van der Waals surface area contributed by atoms with E-state index in [1.807, 2.05) is 25.1 Å². The van der Waals surface area contributed by atoms with Gasteiger partial charge in [-0.05, 0) is 24.6 Å². The molecule has 0 spiro atoms. The van der Waals surface area contributed by atoms with Gasteiger partial charge in [-0.25, -0.2) is 4.98 Å². The van der Waals surface area contributed by atoms with Gasteiger partial charge in [-0.15, -0.1) is 0 Å². The van der Waals surface area contributed by atoms with Gasteiger partial charge in [0.05, 0.1) is 6.33 Å². The smallest absolute Gasteiger partial charge is 0.226 e. The average Bonchev–Trinajstić information content (AvgIpc) is 2.91. The molecule has 102 valence electrons. The molecule has 1 aromatic carbocycles. The Hall–Kier alpha value is -2.34. The van der Waals surface area contributed by atoms with Crippen molar-refractivity contribution in [3.05, 3.63) is 35.1 Å². The van der Waals surface area contributed by atoms with Gasteiger partial charge in [0.1, 0.15) is 5.52 Å². The summed E-state index contributed by atoms with van der Waals surface area (Å²) in [6.07, 6.45) is 1.59. The summed E-state index contributed by atoms with van der Waals surface area (Å²) in [5.41, 5.74) is 3.24. The largest absolute Gasteiger partial charge is 0.357 e. The number of aromatic nitrogens is 4.